The van der Waals surface area contributed by atoms with Crippen LogP contribution in [0.25, 0.3) is 10.8 Å². The van der Waals surface area contributed by atoms with Crippen LogP contribution in [0.2, 0.25) is 0 Å². The zero-order chi connectivity index (χ0) is 17.8. The predicted octanol–water partition coefficient (Wildman–Crippen LogP) is 3.69. The third-order valence-electron chi connectivity index (χ3n) is 4.64. The number of carbonyl (C=O) groups is 1. The van der Waals surface area contributed by atoms with Gasteiger partial charge in [-0.15, -0.1) is 0 Å². The van der Waals surface area contributed by atoms with Gasteiger partial charge in [-0.2, -0.15) is 0 Å². The van der Waals surface area contributed by atoms with E-state index in [-0.39, 0.29) is 5.91 Å². The van der Waals surface area contributed by atoms with Crippen LogP contribution >= 0.6 is 0 Å². The van der Waals surface area contributed by atoms with Crippen LogP contribution in [0.1, 0.15) is 17.5 Å². The number of hydrogen-bond acceptors (Lipinski definition) is 3. The molecule has 0 bridgehead atoms. The van der Waals surface area contributed by atoms with E-state index in [4.69, 9.17) is 4.84 Å². The summed E-state index contributed by atoms with van der Waals surface area (Å²) in [7, 11) is 0. The predicted molar refractivity (Wildman–Crippen MR) is 103 cm³/mol. The molecule has 1 N–H and O–H groups in total. The zero-order valence-electron chi connectivity index (χ0n) is 14.4. The Morgan fingerprint density at radius 3 is 2.65 bits per heavy atom. The fraction of sp³-hybridized carbons (Fsp3) is 0.182. The number of hydrogen-bond donors (Lipinski definition) is 1. The largest absolute Gasteiger partial charge is 0.382 e. The Balaban J connectivity index is 1.32. The first-order chi connectivity index (χ1) is 12.8. The molecule has 0 radical (unpaired) electrons. The maximum absolute atomic E-state index is 12.4. The molecule has 1 amide bonds. The minimum absolute atomic E-state index is 0.111. The van der Waals surface area contributed by atoms with Gasteiger partial charge in [0, 0.05) is 13.0 Å². The highest BCUT2D eigenvalue weighted by Crippen LogP contribution is 2.19. The summed E-state index contributed by atoms with van der Waals surface area (Å²) in [6.45, 7) is 0.577. The Morgan fingerprint density at radius 1 is 1.00 bits per heavy atom. The van der Waals surface area contributed by atoms with Gasteiger partial charge in [-0.3, -0.25) is 4.79 Å². The molecule has 1 aliphatic rings. The van der Waals surface area contributed by atoms with Crippen molar-refractivity contribution >= 4 is 22.4 Å². The summed E-state index contributed by atoms with van der Waals surface area (Å²) in [5.74, 6) is -0.111. The number of rotatable bonds is 5. The second-order valence-electron chi connectivity index (χ2n) is 6.38. The number of amides is 1. The van der Waals surface area contributed by atoms with E-state index in [9.17, 15) is 4.79 Å². The lowest BCUT2D eigenvalue weighted by Crippen LogP contribution is -2.36. The highest BCUT2D eigenvalue weighted by molar-refractivity contribution is 6.04. The Kier molecular flexibility index (Phi) is 4.65. The van der Waals surface area contributed by atoms with Crippen molar-refractivity contribution in [2.75, 3.05) is 6.54 Å². The summed E-state index contributed by atoms with van der Waals surface area (Å²) in [5.41, 5.74) is 3.05. The van der Waals surface area contributed by atoms with Crippen molar-refractivity contribution < 1.29 is 9.63 Å². The first-order valence-electron chi connectivity index (χ1n) is 8.84. The molecule has 3 aromatic carbocycles. The van der Waals surface area contributed by atoms with Gasteiger partial charge in [-0.05, 0) is 28.3 Å². The van der Waals surface area contributed by atoms with E-state index in [1.54, 1.807) is 0 Å². The molecule has 130 valence electrons. The van der Waals surface area contributed by atoms with Crippen LogP contribution in [0.4, 0.5) is 0 Å². The van der Waals surface area contributed by atoms with Crippen molar-refractivity contribution in [1.29, 1.82) is 0 Å². The topological polar surface area (TPSA) is 50.7 Å². The van der Waals surface area contributed by atoms with Gasteiger partial charge in [-0.25, -0.2) is 0 Å². The second kappa shape index (κ2) is 7.40. The van der Waals surface area contributed by atoms with E-state index in [0.717, 1.165) is 17.7 Å². The number of nitrogens with one attached hydrogen (secondary N) is 1. The molecule has 0 fully saturated rings. The summed E-state index contributed by atoms with van der Waals surface area (Å²) in [4.78, 5) is 17.7. The van der Waals surface area contributed by atoms with Crippen LogP contribution in [0, 0.1) is 0 Å². The van der Waals surface area contributed by atoms with Crippen molar-refractivity contribution in [3.63, 3.8) is 0 Å². The average Bonchev–Trinajstić information content (AvgIpc) is 3.19. The van der Waals surface area contributed by atoms with Gasteiger partial charge < -0.3 is 10.2 Å². The van der Waals surface area contributed by atoms with Gasteiger partial charge in [0.15, 0.2) is 0 Å². The lowest BCUT2D eigenvalue weighted by Gasteiger charge is -2.11. The van der Waals surface area contributed by atoms with Crippen LogP contribution in [0.3, 0.4) is 0 Å². The van der Waals surface area contributed by atoms with Crippen LogP contribution in [0.15, 0.2) is 78.0 Å². The molecule has 3 aromatic rings. The van der Waals surface area contributed by atoms with Gasteiger partial charge in [0.05, 0.1) is 5.71 Å². The monoisotopic (exact) mass is 344 g/mol. The third-order valence-corrected chi connectivity index (χ3v) is 4.64. The molecular weight excluding hydrogens is 324 g/mol. The number of fused-ring (bicyclic) bond motifs is 1. The van der Waals surface area contributed by atoms with Crippen LogP contribution in [-0.2, 0) is 16.1 Å². The molecule has 0 spiro atoms. The van der Waals surface area contributed by atoms with Crippen molar-refractivity contribution in [2.24, 2.45) is 5.16 Å². The van der Waals surface area contributed by atoms with Crippen LogP contribution in [0.5, 0.6) is 0 Å². The zero-order valence-corrected chi connectivity index (χ0v) is 14.4. The molecule has 1 aliphatic heterocycles. The normalized spacial score (nSPS) is 16.2. The van der Waals surface area contributed by atoms with Crippen LogP contribution in [-0.4, -0.2) is 24.3 Å². The average molecular weight is 344 g/mol. The van der Waals surface area contributed by atoms with Crippen molar-refractivity contribution in [1.82, 2.24) is 5.32 Å². The minimum atomic E-state index is -0.544. The molecule has 0 aromatic heterocycles. The Labute approximate surface area is 152 Å². The van der Waals surface area contributed by atoms with Crippen molar-refractivity contribution in [2.45, 2.75) is 18.9 Å². The maximum atomic E-state index is 12.4. The van der Waals surface area contributed by atoms with Gasteiger partial charge >= 0.3 is 0 Å². The third kappa shape index (κ3) is 3.45. The van der Waals surface area contributed by atoms with Gasteiger partial charge in [0.2, 0.25) is 6.10 Å². The summed E-state index contributed by atoms with van der Waals surface area (Å²) in [6.07, 6.45) is 0.744. The Morgan fingerprint density at radius 2 is 1.77 bits per heavy atom. The van der Waals surface area contributed by atoms with E-state index in [1.807, 2.05) is 42.5 Å². The van der Waals surface area contributed by atoms with E-state index in [0.29, 0.717) is 13.0 Å². The standard InChI is InChI=1S/C22H20N2O2/c25-22(21-15-20(24-26-21)18-8-2-1-3-9-18)23-14-13-17-11-6-10-16-7-4-5-12-19(16)17/h1-12,21H,13-15H2,(H,23,25). The Hall–Kier alpha value is -3.14. The number of oxime groups is 1. The first kappa shape index (κ1) is 16.3. The molecule has 1 atom stereocenters. The summed E-state index contributed by atoms with van der Waals surface area (Å²) >= 11 is 0. The Bertz CT molecular complexity index is 945. The van der Waals surface area contributed by atoms with E-state index >= 15 is 0 Å². The molecular formula is C22H20N2O2. The van der Waals surface area contributed by atoms with E-state index < -0.39 is 6.10 Å². The number of carbonyl (C=O) groups excluding carboxylic acids is 1. The van der Waals surface area contributed by atoms with E-state index in [2.05, 4.69) is 40.8 Å². The maximum Gasteiger partial charge on any atom is 0.264 e. The highest BCUT2D eigenvalue weighted by Gasteiger charge is 2.28. The fourth-order valence-electron chi connectivity index (χ4n) is 3.26. The molecule has 1 heterocycles. The van der Waals surface area contributed by atoms with Crippen LogP contribution < -0.4 is 5.32 Å². The van der Waals surface area contributed by atoms with Gasteiger partial charge in [0.25, 0.3) is 5.91 Å². The SMILES string of the molecule is O=C(NCCc1cccc2ccccc12)C1CC(c2ccccc2)=NO1. The van der Waals surface area contributed by atoms with Gasteiger partial charge in [-0.1, -0.05) is 78.0 Å². The number of benzene rings is 3. The highest BCUT2D eigenvalue weighted by atomic mass is 16.6. The smallest absolute Gasteiger partial charge is 0.264 e. The molecule has 4 nitrogen and oxygen atoms in total. The minimum Gasteiger partial charge on any atom is -0.382 e. The quantitative estimate of drug-likeness (QED) is 0.767. The van der Waals surface area contributed by atoms with E-state index in [1.165, 1.54) is 16.3 Å². The fourth-order valence-corrected chi connectivity index (χ4v) is 3.26. The molecule has 0 saturated carbocycles. The molecule has 4 heteroatoms. The molecule has 26 heavy (non-hydrogen) atoms. The molecule has 0 aliphatic carbocycles. The molecule has 0 saturated heterocycles. The molecule has 4 rings (SSSR count). The van der Waals surface area contributed by atoms with Gasteiger partial charge in [0.1, 0.15) is 0 Å². The summed E-state index contributed by atoms with van der Waals surface area (Å²) < 4.78 is 0. The second-order valence-corrected chi connectivity index (χ2v) is 6.38. The lowest BCUT2D eigenvalue weighted by atomic mass is 10.0. The summed E-state index contributed by atoms with van der Waals surface area (Å²) in [6, 6.07) is 24.4. The summed E-state index contributed by atoms with van der Waals surface area (Å²) in [5, 5.41) is 9.50. The van der Waals surface area contributed by atoms with Crippen molar-refractivity contribution in [3.8, 4) is 0 Å². The number of nitrogens with zero attached hydrogens (tertiary/aromatic N) is 1. The molecule has 1 unspecified atom stereocenters. The first-order valence-corrected chi connectivity index (χ1v) is 8.84. The van der Waals surface area contributed by atoms with Crippen molar-refractivity contribution in [3.05, 3.63) is 83.9 Å². The lowest BCUT2D eigenvalue weighted by molar-refractivity contribution is -0.131.